The van der Waals surface area contributed by atoms with E-state index in [4.69, 9.17) is 42.1 Å². The minimum Gasteiger partial charge on any atom is -0.503 e. The molecule has 0 aliphatic heterocycles. The molecular weight excluding hydrogens is 677 g/mol. The van der Waals surface area contributed by atoms with Gasteiger partial charge in [-0.3, -0.25) is 0 Å². The number of benzene rings is 4. The van der Waals surface area contributed by atoms with E-state index in [1.807, 2.05) is 30.3 Å². The Bertz CT molecular complexity index is 2170. The number of nitrogens with zero attached hydrogens (tertiary/aromatic N) is 5. The van der Waals surface area contributed by atoms with E-state index >= 15 is 0 Å². The topological polar surface area (TPSA) is 129 Å². The number of halogens is 2. The third-order valence-corrected chi connectivity index (χ3v) is 7.94. The van der Waals surface area contributed by atoms with Gasteiger partial charge in [-0.15, -0.1) is 0 Å². The number of ether oxygens (including phenoxy) is 4. The van der Waals surface area contributed by atoms with Gasteiger partial charge in [-0.2, -0.15) is 5.26 Å². The molecule has 0 aliphatic rings. The number of esters is 1. The molecule has 2 heterocycles. The lowest BCUT2D eigenvalue weighted by molar-refractivity contribution is -0.146. The largest absolute Gasteiger partial charge is 0.503 e. The summed E-state index contributed by atoms with van der Waals surface area (Å²) in [5.41, 5.74) is 0.452. The van der Waals surface area contributed by atoms with Gasteiger partial charge in [0.25, 0.3) is 0 Å². The summed E-state index contributed by atoms with van der Waals surface area (Å²) in [6.07, 6.45) is 7.00. The molecule has 12 heteroatoms. The number of carbonyl (C=O) groups excluding carboxylic acids is 1. The molecule has 0 saturated carbocycles. The minimum atomic E-state index is -1.64. The number of hydrogen-bond donors (Lipinski definition) is 0. The molecule has 0 aliphatic carbocycles. The molecule has 246 valence electrons. The Kier molecular flexibility index (Phi) is 10.3. The van der Waals surface area contributed by atoms with Crippen LogP contribution in [0.25, 0.3) is 5.57 Å². The van der Waals surface area contributed by atoms with Crippen molar-refractivity contribution in [2.45, 2.75) is 5.60 Å². The van der Waals surface area contributed by atoms with Crippen LogP contribution in [0, 0.1) is 11.3 Å². The Labute approximate surface area is 297 Å². The maximum atomic E-state index is 14.6. The highest BCUT2D eigenvalue weighted by atomic mass is 35.5. The zero-order valence-corrected chi connectivity index (χ0v) is 27.7. The van der Waals surface area contributed by atoms with Crippen LogP contribution in [-0.2, 0) is 19.9 Å². The number of methoxy groups -OCH3 is 1. The summed E-state index contributed by atoms with van der Waals surface area (Å²) < 4.78 is 24.0. The van der Waals surface area contributed by atoms with E-state index in [0.29, 0.717) is 38.6 Å². The smallest absolute Gasteiger partial charge is 0.343 e. The normalized spacial score (nSPS) is 12.2. The van der Waals surface area contributed by atoms with Crippen LogP contribution in [0.4, 0.5) is 0 Å². The fraction of sp³-hybridized carbons (Fsp3) is 0.0526. The first-order valence-electron chi connectivity index (χ1n) is 14.9. The predicted molar refractivity (Wildman–Crippen MR) is 186 cm³/mol. The van der Waals surface area contributed by atoms with Crippen molar-refractivity contribution in [1.29, 1.82) is 5.26 Å². The van der Waals surface area contributed by atoms with Crippen LogP contribution >= 0.6 is 23.2 Å². The summed E-state index contributed by atoms with van der Waals surface area (Å²) in [6.45, 7) is 0. The molecule has 0 radical (unpaired) electrons. The molecule has 0 spiro atoms. The lowest BCUT2D eigenvalue weighted by atomic mass is 9.81. The van der Waals surface area contributed by atoms with Crippen LogP contribution in [0.3, 0.4) is 0 Å². The zero-order valence-electron chi connectivity index (χ0n) is 26.2. The maximum absolute atomic E-state index is 14.6. The van der Waals surface area contributed by atoms with Crippen molar-refractivity contribution in [2.75, 3.05) is 7.11 Å². The van der Waals surface area contributed by atoms with Crippen LogP contribution in [0.1, 0.15) is 27.8 Å². The summed E-state index contributed by atoms with van der Waals surface area (Å²) >= 11 is 13.1. The first kappa shape index (κ1) is 33.6. The van der Waals surface area contributed by atoms with Gasteiger partial charge in [-0.05, 0) is 30.3 Å². The molecule has 0 fully saturated rings. The number of nitriles is 1. The van der Waals surface area contributed by atoms with Crippen molar-refractivity contribution in [1.82, 2.24) is 19.9 Å². The predicted octanol–water partition coefficient (Wildman–Crippen LogP) is 8.55. The van der Waals surface area contributed by atoms with Gasteiger partial charge in [-0.1, -0.05) is 89.9 Å². The maximum Gasteiger partial charge on any atom is 0.343 e. The van der Waals surface area contributed by atoms with E-state index in [2.05, 4.69) is 26.0 Å². The van der Waals surface area contributed by atoms with Crippen LogP contribution in [-0.4, -0.2) is 33.0 Å². The van der Waals surface area contributed by atoms with Crippen molar-refractivity contribution >= 4 is 34.7 Å². The highest BCUT2D eigenvalue weighted by Crippen LogP contribution is 2.45. The van der Waals surface area contributed by atoms with Gasteiger partial charge in [0.15, 0.2) is 5.60 Å². The van der Waals surface area contributed by atoms with Crippen LogP contribution in [0.5, 0.6) is 23.3 Å². The van der Waals surface area contributed by atoms with E-state index < -0.39 is 11.6 Å². The van der Waals surface area contributed by atoms with Gasteiger partial charge in [0, 0.05) is 44.7 Å². The molecule has 0 saturated heterocycles. The average Bonchev–Trinajstić information content (AvgIpc) is 3.14. The van der Waals surface area contributed by atoms with Crippen molar-refractivity contribution in [3.63, 3.8) is 0 Å². The standard InChI is InChI=1S/C38H25Cl2N5O5/c1-47-22-30(29-12-6-8-14-34(29)49-36-18-35(44-24-45-36)48-33-13-7-5-9-25(33)19-41)37(46)50-38(26-10-3-2-4-11-26,27-20-42-23-43-21-27)31-16-15-28(39)17-32(31)40/h2-18,20-24H,1H3/b30-22+. The molecule has 6 aromatic rings. The average molecular weight is 703 g/mol. The third-order valence-electron chi connectivity index (χ3n) is 7.39. The second-order valence-electron chi connectivity index (χ2n) is 10.5. The Morgan fingerprint density at radius 3 is 2.14 bits per heavy atom. The zero-order chi connectivity index (χ0) is 34.9. The summed E-state index contributed by atoms with van der Waals surface area (Å²) in [6, 6.07) is 31.1. The highest BCUT2D eigenvalue weighted by molar-refractivity contribution is 6.35. The van der Waals surface area contributed by atoms with Gasteiger partial charge in [0.05, 0.1) is 25.0 Å². The Morgan fingerprint density at radius 1 is 0.780 bits per heavy atom. The molecule has 0 N–H and O–H groups in total. The molecule has 0 bridgehead atoms. The molecule has 0 amide bonds. The summed E-state index contributed by atoms with van der Waals surface area (Å²) in [5, 5.41) is 10.1. The highest BCUT2D eigenvalue weighted by Gasteiger charge is 2.44. The molecule has 50 heavy (non-hydrogen) atoms. The molecular formula is C38H25Cl2N5O5. The van der Waals surface area contributed by atoms with E-state index in [-0.39, 0.29) is 28.1 Å². The summed E-state index contributed by atoms with van der Waals surface area (Å²) in [5.74, 6) is 0.0172. The second kappa shape index (κ2) is 15.3. The molecule has 10 nitrogen and oxygen atoms in total. The monoisotopic (exact) mass is 701 g/mol. The van der Waals surface area contributed by atoms with Gasteiger partial charge in [0.2, 0.25) is 11.8 Å². The van der Waals surface area contributed by atoms with E-state index in [1.54, 1.807) is 79.1 Å². The first-order chi connectivity index (χ1) is 24.4. The van der Waals surface area contributed by atoms with E-state index in [9.17, 15) is 10.1 Å². The molecule has 1 atom stereocenters. The van der Waals surface area contributed by atoms with Crippen LogP contribution in [0.15, 0.2) is 134 Å². The molecule has 2 aromatic heterocycles. The Hall–Kier alpha value is -6.28. The fourth-order valence-corrected chi connectivity index (χ4v) is 5.74. The van der Waals surface area contributed by atoms with Crippen molar-refractivity contribution in [3.8, 4) is 29.3 Å². The third kappa shape index (κ3) is 7.10. The summed E-state index contributed by atoms with van der Waals surface area (Å²) in [4.78, 5) is 31.4. The van der Waals surface area contributed by atoms with E-state index in [1.165, 1.54) is 32.1 Å². The second-order valence-corrected chi connectivity index (χ2v) is 11.3. The van der Waals surface area contributed by atoms with Crippen LogP contribution in [0.2, 0.25) is 10.0 Å². The van der Waals surface area contributed by atoms with Gasteiger partial charge in [0.1, 0.15) is 35.8 Å². The van der Waals surface area contributed by atoms with E-state index in [0.717, 1.165) is 0 Å². The number of para-hydroxylation sites is 2. The van der Waals surface area contributed by atoms with Crippen molar-refractivity contribution < 1.29 is 23.7 Å². The number of hydrogen-bond acceptors (Lipinski definition) is 10. The Balaban J connectivity index is 1.41. The summed E-state index contributed by atoms with van der Waals surface area (Å²) in [7, 11) is 1.41. The number of carbonyl (C=O) groups is 1. The van der Waals surface area contributed by atoms with Crippen molar-refractivity contribution in [2.24, 2.45) is 0 Å². The molecule has 4 aromatic carbocycles. The van der Waals surface area contributed by atoms with Crippen LogP contribution < -0.4 is 9.47 Å². The lowest BCUT2D eigenvalue weighted by Gasteiger charge is -2.35. The molecule has 6 rings (SSSR count). The fourth-order valence-electron chi connectivity index (χ4n) is 5.20. The van der Waals surface area contributed by atoms with Gasteiger partial charge >= 0.3 is 5.97 Å². The van der Waals surface area contributed by atoms with Gasteiger partial charge in [-0.25, -0.2) is 24.7 Å². The Morgan fingerprint density at radius 2 is 1.44 bits per heavy atom. The lowest BCUT2D eigenvalue weighted by Crippen LogP contribution is -2.36. The number of rotatable bonds is 11. The van der Waals surface area contributed by atoms with Gasteiger partial charge < -0.3 is 18.9 Å². The minimum absolute atomic E-state index is 0.0128. The van der Waals surface area contributed by atoms with Crippen molar-refractivity contribution in [3.05, 3.63) is 172 Å². The number of aromatic nitrogens is 4. The first-order valence-corrected chi connectivity index (χ1v) is 15.7. The molecule has 1 unspecified atom stereocenters. The quantitative estimate of drug-likeness (QED) is 0.0736. The SMILES string of the molecule is CO/C=C(/C(=O)OC(c1ccccc1)(c1cncnc1)c1ccc(Cl)cc1Cl)c1ccccc1Oc1cc(Oc2ccccc2C#N)ncn1.